The molecule has 6 heteroatoms. The molecule has 0 unspecified atom stereocenters. The molecule has 27 heavy (non-hydrogen) atoms. The zero-order valence-electron chi connectivity index (χ0n) is 15.9. The van der Waals surface area contributed by atoms with Gasteiger partial charge in [0.1, 0.15) is 11.8 Å². The van der Waals surface area contributed by atoms with Gasteiger partial charge in [-0.1, -0.05) is 29.8 Å². The van der Waals surface area contributed by atoms with Gasteiger partial charge in [0.2, 0.25) is 5.91 Å². The predicted molar refractivity (Wildman–Crippen MR) is 115 cm³/mol. The average Bonchev–Trinajstić information content (AvgIpc) is 2.65. The van der Waals surface area contributed by atoms with Crippen molar-refractivity contribution < 1.29 is 14.3 Å². The van der Waals surface area contributed by atoms with Crippen LogP contribution in [-0.2, 0) is 16.1 Å². The standard InChI is InChI=1S/C21H25IN2O3/c1-4-23-21(26)16(3)24(13-17-7-5-6-15(2)12-17)20(25)14-27-19-10-8-18(22)9-11-19/h5-12,16H,4,13-14H2,1-3H3,(H,23,26)/t16-/m1/s1. The third-order valence-corrected chi connectivity index (χ3v) is 4.85. The van der Waals surface area contributed by atoms with Gasteiger partial charge < -0.3 is 15.0 Å². The Balaban J connectivity index is 2.12. The van der Waals surface area contributed by atoms with Crippen LogP contribution in [0, 0.1) is 10.5 Å². The van der Waals surface area contributed by atoms with Gasteiger partial charge >= 0.3 is 0 Å². The number of halogens is 1. The Hall–Kier alpha value is -2.09. The van der Waals surface area contributed by atoms with E-state index in [-0.39, 0.29) is 18.4 Å². The number of nitrogens with zero attached hydrogens (tertiary/aromatic N) is 1. The minimum absolute atomic E-state index is 0.115. The lowest BCUT2D eigenvalue weighted by Gasteiger charge is -2.28. The molecule has 144 valence electrons. The van der Waals surface area contributed by atoms with Crippen LogP contribution in [0.2, 0.25) is 0 Å². The molecule has 1 atom stereocenters. The van der Waals surface area contributed by atoms with Gasteiger partial charge in [0.15, 0.2) is 6.61 Å². The maximum atomic E-state index is 12.8. The maximum Gasteiger partial charge on any atom is 0.261 e. The second-order valence-corrected chi connectivity index (χ2v) is 7.57. The second kappa shape index (κ2) is 10.3. The molecule has 0 radical (unpaired) electrons. The zero-order valence-corrected chi connectivity index (χ0v) is 18.0. The van der Waals surface area contributed by atoms with Gasteiger partial charge in [0.25, 0.3) is 5.91 Å². The Morgan fingerprint density at radius 2 is 1.89 bits per heavy atom. The summed E-state index contributed by atoms with van der Waals surface area (Å²) in [6.45, 7) is 6.36. The highest BCUT2D eigenvalue weighted by Crippen LogP contribution is 2.15. The summed E-state index contributed by atoms with van der Waals surface area (Å²) >= 11 is 2.21. The summed E-state index contributed by atoms with van der Waals surface area (Å²) in [7, 11) is 0. The van der Waals surface area contributed by atoms with Crippen LogP contribution in [0.15, 0.2) is 48.5 Å². The van der Waals surface area contributed by atoms with Crippen LogP contribution in [0.4, 0.5) is 0 Å². The normalized spacial score (nSPS) is 11.6. The molecular weight excluding hydrogens is 455 g/mol. The monoisotopic (exact) mass is 480 g/mol. The van der Waals surface area contributed by atoms with Crippen LogP contribution in [0.3, 0.4) is 0 Å². The number of nitrogens with one attached hydrogen (secondary N) is 1. The highest BCUT2D eigenvalue weighted by atomic mass is 127. The first-order valence-electron chi connectivity index (χ1n) is 8.91. The molecule has 0 fully saturated rings. The summed E-state index contributed by atoms with van der Waals surface area (Å²) in [5.74, 6) is 0.228. The Kier molecular flexibility index (Phi) is 8.09. The number of benzene rings is 2. The number of carbonyl (C=O) groups is 2. The summed E-state index contributed by atoms with van der Waals surface area (Å²) in [6.07, 6.45) is 0. The quantitative estimate of drug-likeness (QED) is 0.589. The summed E-state index contributed by atoms with van der Waals surface area (Å²) in [4.78, 5) is 26.7. The Bertz CT molecular complexity index is 777. The SMILES string of the molecule is CCNC(=O)[C@@H](C)N(Cc1cccc(C)c1)C(=O)COc1ccc(I)cc1. The number of aryl methyl sites for hydroxylation is 1. The first-order valence-corrected chi connectivity index (χ1v) is 9.99. The minimum Gasteiger partial charge on any atom is -0.484 e. The molecule has 0 spiro atoms. The number of hydrogen-bond donors (Lipinski definition) is 1. The fraction of sp³-hybridized carbons (Fsp3) is 0.333. The van der Waals surface area contributed by atoms with E-state index in [4.69, 9.17) is 4.74 Å². The molecule has 5 nitrogen and oxygen atoms in total. The van der Waals surface area contributed by atoms with Gasteiger partial charge in [0.05, 0.1) is 0 Å². The lowest BCUT2D eigenvalue weighted by molar-refractivity contribution is -0.142. The number of rotatable bonds is 8. The molecule has 0 saturated heterocycles. The third kappa shape index (κ3) is 6.53. The van der Waals surface area contributed by atoms with E-state index >= 15 is 0 Å². The van der Waals surface area contributed by atoms with Crippen molar-refractivity contribution in [1.29, 1.82) is 0 Å². The summed E-state index contributed by atoms with van der Waals surface area (Å²) in [5.41, 5.74) is 2.09. The summed E-state index contributed by atoms with van der Waals surface area (Å²) in [6, 6.07) is 14.8. The van der Waals surface area contributed by atoms with E-state index in [2.05, 4.69) is 27.9 Å². The first-order chi connectivity index (χ1) is 12.9. The molecule has 0 bridgehead atoms. The number of carbonyl (C=O) groups excluding carboxylic acids is 2. The van der Waals surface area contributed by atoms with Crippen molar-refractivity contribution in [2.45, 2.75) is 33.4 Å². The highest BCUT2D eigenvalue weighted by Gasteiger charge is 2.26. The molecule has 2 aromatic carbocycles. The molecule has 0 heterocycles. The Labute approximate surface area is 174 Å². The van der Waals surface area contributed by atoms with Crippen molar-refractivity contribution in [2.24, 2.45) is 0 Å². The Morgan fingerprint density at radius 3 is 2.52 bits per heavy atom. The van der Waals surface area contributed by atoms with Gasteiger partial charge in [-0.2, -0.15) is 0 Å². The van der Waals surface area contributed by atoms with Crippen LogP contribution in [0.5, 0.6) is 5.75 Å². The van der Waals surface area contributed by atoms with Crippen molar-refractivity contribution in [3.8, 4) is 5.75 Å². The van der Waals surface area contributed by atoms with Gasteiger partial charge in [-0.3, -0.25) is 9.59 Å². The largest absolute Gasteiger partial charge is 0.484 e. The van der Waals surface area contributed by atoms with Gasteiger partial charge in [-0.25, -0.2) is 0 Å². The fourth-order valence-corrected chi connectivity index (χ4v) is 3.03. The molecule has 2 rings (SSSR count). The third-order valence-electron chi connectivity index (χ3n) is 4.13. The van der Waals surface area contributed by atoms with Gasteiger partial charge in [0, 0.05) is 16.7 Å². The second-order valence-electron chi connectivity index (χ2n) is 6.32. The molecule has 0 aliphatic rings. The average molecular weight is 480 g/mol. The molecule has 0 aromatic heterocycles. The molecule has 0 aliphatic carbocycles. The lowest BCUT2D eigenvalue weighted by Crippen LogP contribution is -2.49. The molecule has 1 N–H and O–H groups in total. The fourth-order valence-electron chi connectivity index (χ4n) is 2.67. The van der Waals surface area contributed by atoms with Crippen molar-refractivity contribution in [1.82, 2.24) is 10.2 Å². The number of ether oxygens (including phenoxy) is 1. The van der Waals surface area contributed by atoms with E-state index in [1.165, 1.54) is 0 Å². The van der Waals surface area contributed by atoms with E-state index in [0.717, 1.165) is 14.7 Å². The van der Waals surface area contributed by atoms with Crippen LogP contribution in [0.1, 0.15) is 25.0 Å². The smallest absolute Gasteiger partial charge is 0.261 e. The van der Waals surface area contributed by atoms with Gasteiger partial charge in [-0.05, 0) is 73.2 Å². The first kappa shape index (κ1) is 21.2. The Morgan fingerprint density at radius 1 is 1.19 bits per heavy atom. The molecule has 2 aromatic rings. The lowest BCUT2D eigenvalue weighted by atomic mass is 10.1. The van der Waals surface area contributed by atoms with E-state index < -0.39 is 6.04 Å². The van der Waals surface area contributed by atoms with E-state index in [9.17, 15) is 9.59 Å². The van der Waals surface area contributed by atoms with Crippen molar-refractivity contribution in [3.63, 3.8) is 0 Å². The van der Waals surface area contributed by atoms with Crippen LogP contribution in [0.25, 0.3) is 0 Å². The topological polar surface area (TPSA) is 58.6 Å². The van der Waals surface area contributed by atoms with Crippen molar-refractivity contribution in [3.05, 3.63) is 63.2 Å². The van der Waals surface area contributed by atoms with Crippen LogP contribution < -0.4 is 10.1 Å². The highest BCUT2D eigenvalue weighted by molar-refractivity contribution is 14.1. The number of likely N-dealkylation sites (N-methyl/N-ethyl adjacent to an activating group) is 1. The molecular formula is C21H25IN2O3. The molecule has 0 aliphatic heterocycles. The molecule has 0 saturated carbocycles. The van der Waals surface area contributed by atoms with E-state index in [1.54, 1.807) is 11.8 Å². The number of amides is 2. The van der Waals surface area contributed by atoms with Gasteiger partial charge in [-0.15, -0.1) is 0 Å². The van der Waals surface area contributed by atoms with E-state index in [1.807, 2.05) is 62.4 Å². The summed E-state index contributed by atoms with van der Waals surface area (Å²) < 4.78 is 6.72. The van der Waals surface area contributed by atoms with Crippen LogP contribution >= 0.6 is 22.6 Å². The summed E-state index contributed by atoms with van der Waals surface area (Å²) in [5, 5.41) is 2.78. The molecule has 2 amide bonds. The van der Waals surface area contributed by atoms with Crippen molar-refractivity contribution >= 4 is 34.4 Å². The van der Waals surface area contributed by atoms with E-state index in [0.29, 0.717) is 18.8 Å². The zero-order chi connectivity index (χ0) is 19.8. The van der Waals surface area contributed by atoms with Crippen LogP contribution in [-0.4, -0.2) is 35.9 Å². The number of hydrogen-bond acceptors (Lipinski definition) is 3. The minimum atomic E-state index is -0.585. The predicted octanol–water partition coefficient (Wildman–Crippen LogP) is 3.53. The van der Waals surface area contributed by atoms with Crippen molar-refractivity contribution in [2.75, 3.05) is 13.2 Å². The maximum absolute atomic E-state index is 12.8.